The molecule has 1 saturated heterocycles. The Labute approximate surface area is 108 Å². The van der Waals surface area contributed by atoms with E-state index in [1.165, 1.54) is 24.3 Å². The van der Waals surface area contributed by atoms with Crippen LogP contribution in [0, 0.1) is 0 Å². The fourth-order valence-electron chi connectivity index (χ4n) is 2.23. The predicted molar refractivity (Wildman–Crippen MR) is 62.4 cm³/mol. The number of aromatic nitrogens is 4. The molecule has 0 radical (unpaired) electrons. The molecular formula is C11H13FN4O3. The normalized spacial score (nSPS) is 27.0. The van der Waals surface area contributed by atoms with Gasteiger partial charge in [0.05, 0.1) is 26.1 Å². The second-order valence-corrected chi connectivity index (χ2v) is 4.29. The Hall–Kier alpha value is -1.80. The molecular weight excluding hydrogens is 255 g/mol. The minimum atomic E-state index is -1.21. The van der Waals surface area contributed by atoms with E-state index in [1.807, 2.05) is 0 Å². The van der Waals surface area contributed by atoms with E-state index >= 15 is 0 Å². The molecule has 0 bridgehead atoms. The Morgan fingerprint density at radius 1 is 1.53 bits per heavy atom. The minimum Gasteiger partial charge on any atom is -0.479 e. The molecule has 0 saturated carbocycles. The number of methoxy groups -OCH3 is 1. The van der Waals surface area contributed by atoms with Crippen LogP contribution in [0.3, 0.4) is 0 Å². The number of aliphatic hydroxyl groups excluding tert-OH is 1. The van der Waals surface area contributed by atoms with Crippen LogP contribution in [-0.2, 0) is 4.74 Å². The monoisotopic (exact) mass is 268 g/mol. The first-order chi connectivity index (χ1) is 9.24. The molecule has 1 N–H and O–H groups in total. The number of halogens is 1. The van der Waals surface area contributed by atoms with Gasteiger partial charge in [-0.25, -0.2) is 14.4 Å². The Kier molecular flexibility index (Phi) is 3.03. The molecule has 0 aliphatic carbocycles. The smallest absolute Gasteiger partial charge is 0.245 e. The Morgan fingerprint density at radius 2 is 2.37 bits per heavy atom. The van der Waals surface area contributed by atoms with Crippen molar-refractivity contribution in [1.82, 2.24) is 19.5 Å². The van der Waals surface area contributed by atoms with Crippen LogP contribution < -0.4 is 4.74 Å². The van der Waals surface area contributed by atoms with Gasteiger partial charge in [0.15, 0.2) is 17.4 Å². The van der Waals surface area contributed by atoms with E-state index in [1.54, 1.807) is 0 Å². The second-order valence-electron chi connectivity index (χ2n) is 4.29. The highest BCUT2D eigenvalue weighted by Gasteiger charge is 2.37. The predicted octanol–water partition coefficient (Wildman–Crippen LogP) is 0.453. The summed E-state index contributed by atoms with van der Waals surface area (Å²) in [5, 5.41) is 9.03. The summed E-state index contributed by atoms with van der Waals surface area (Å²) >= 11 is 0. The quantitative estimate of drug-likeness (QED) is 0.870. The number of fused-ring (bicyclic) bond motifs is 1. The first kappa shape index (κ1) is 12.2. The zero-order chi connectivity index (χ0) is 13.4. The number of rotatable bonds is 3. The number of aliphatic hydroxyl groups is 1. The van der Waals surface area contributed by atoms with Gasteiger partial charge in [-0.3, -0.25) is 4.57 Å². The topological polar surface area (TPSA) is 82.3 Å². The number of alkyl halides is 1. The molecule has 2 aromatic heterocycles. The van der Waals surface area contributed by atoms with Crippen LogP contribution in [0.4, 0.5) is 4.39 Å². The number of hydrogen-bond acceptors (Lipinski definition) is 6. The van der Waals surface area contributed by atoms with Crippen molar-refractivity contribution in [2.75, 3.05) is 13.7 Å². The highest BCUT2D eigenvalue weighted by atomic mass is 19.1. The molecule has 1 fully saturated rings. The van der Waals surface area contributed by atoms with Gasteiger partial charge in [0.2, 0.25) is 5.88 Å². The largest absolute Gasteiger partial charge is 0.479 e. The van der Waals surface area contributed by atoms with Crippen LogP contribution in [0.2, 0.25) is 0 Å². The van der Waals surface area contributed by atoms with E-state index in [2.05, 4.69) is 15.0 Å². The van der Waals surface area contributed by atoms with Crippen molar-refractivity contribution in [1.29, 1.82) is 0 Å². The zero-order valence-corrected chi connectivity index (χ0v) is 10.2. The summed E-state index contributed by atoms with van der Waals surface area (Å²) in [6.07, 6.45) is 0.380. The van der Waals surface area contributed by atoms with Crippen molar-refractivity contribution >= 4 is 11.2 Å². The van der Waals surface area contributed by atoms with Crippen molar-refractivity contribution < 1.29 is 19.0 Å². The van der Waals surface area contributed by atoms with Gasteiger partial charge in [-0.05, 0) is 0 Å². The van der Waals surface area contributed by atoms with E-state index in [-0.39, 0.29) is 13.0 Å². The van der Waals surface area contributed by atoms with E-state index in [9.17, 15) is 4.39 Å². The standard InChI is InChI=1S/C11H13FN4O3/c1-18-10-8-9(13-4-14-10)16(5-15-8)11-7(12)2-6(3-17)19-11/h4-7,11,17H,2-3H2,1H3/t6-,7+,11+/m0/s1. The molecule has 3 atom stereocenters. The maximum absolute atomic E-state index is 13.9. The third kappa shape index (κ3) is 1.92. The first-order valence-corrected chi connectivity index (χ1v) is 5.86. The van der Waals surface area contributed by atoms with Crippen molar-refractivity contribution in [3.63, 3.8) is 0 Å². The van der Waals surface area contributed by atoms with Crippen LogP contribution in [0.25, 0.3) is 11.2 Å². The van der Waals surface area contributed by atoms with E-state index in [4.69, 9.17) is 14.6 Å². The van der Waals surface area contributed by atoms with Gasteiger partial charge in [0, 0.05) is 6.42 Å². The Balaban J connectivity index is 2.02. The molecule has 3 heterocycles. The van der Waals surface area contributed by atoms with Crippen molar-refractivity contribution in [2.45, 2.75) is 24.9 Å². The lowest BCUT2D eigenvalue weighted by atomic mass is 10.2. The molecule has 8 heteroatoms. The molecule has 2 aromatic rings. The van der Waals surface area contributed by atoms with Crippen LogP contribution >= 0.6 is 0 Å². The number of imidazole rings is 1. The molecule has 0 amide bonds. The fraction of sp³-hybridized carbons (Fsp3) is 0.545. The SMILES string of the molecule is COc1ncnc2c1ncn2[C@@H]1O[C@H](CO)C[C@H]1F. The van der Waals surface area contributed by atoms with Gasteiger partial charge < -0.3 is 14.6 Å². The summed E-state index contributed by atoms with van der Waals surface area (Å²) in [6, 6.07) is 0. The summed E-state index contributed by atoms with van der Waals surface area (Å²) in [6.45, 7) is -0.206. The van der Waals surface area contributed by atoms with Gasteiger partial charge in [0.1, 0.15) is 12.5 Å². The molecule has 7 nitrogen and oxygen atoms in total. The van der Waals surface area contributed by atoms with Gasteiger partial charge >= 0.3 is 0 Å². The summed E-state index contributed by atoms with van der Waals surface area (Å²) in [7, 11) is 1.48. The zero-order valence-electron chi connectivity index (χ0n) is 10.2. The van der Waals surface area contributed by atoms with Gasteiger partial charge in [-0.2, -0.15) is 4.98 Å². The van der Waals surface area contributed by atoms with Crippen LogP contribution in [0.15, 0.2) is 12.7 Å². The number of ether oxygens (including phenoxy) is 2. The molecule has 19 heavy (non-hydrogen) atoms. The third-order valence-electron chi connectivity index (χ3n) is 3.13. The van der Waals surface area contributed by atoms with Gasteiger partial charge in [-0.1, -0.05) is 0 Å². The average molecular weight is 268 g/mol. The molecule has 102 valence electrons. The molecule has 0 aromatic carbocycles. The van der Waals surface area contributed by atoms with Crippen molar-refractivity contribution in [2.24, 2.45) is 0 Å². The van der Waals surface area contributed by atoms with Gasteiger partial charge in [0.25, 0.3) is 0 Å². The maximum Gasteiger partial charge on any atom is 0.245 e. The van der Waals surface area contributed by atoms with Gasteiger partial charge in [-0.15, -0.1) is 0 Å². The van der Waals surface area contributed by atoms with Crippen molar-refractivity contribution in [3.8, 4) is 5.88 Å². The van der Waals surface area contributed by atoms with Crippen LogP contribution in [-0.4, -0.2) is 50.6 Å². The van der Waals surface area contributed by atoms with E-state index < -0.39 is 18.5 Å². The maximum atomic E-state index is 13.9. The minimum absolute atomic E-state index is 0.156. The average Bonchev–Trinajstić information content (AvgIpc) is 3.01. The number of hydrogen-bond donors (Lipinski definition) is 1. The highest BCUT2D eigenvalue weighted by Crippen LogP contribution is 2.33. The Morgan fingerprint density at radius 3 is 3.05 bits per heavy atom. The van der Waals surface area contributed by atoms with E-state index in [0.717, 1.165) is 0 Å². The molecule has 0 spiro atoms. The second kappa shape index (κ2) is 4.71. The van der Waals surface area contributed by atoms with E-state index in [0.29, 0.717) is 17.0 Å². The lowest BCUT2D eigenvalue weighted by molar-refractivity contribution is -0.0351. The first-order valence-electron chi connectivity index (χ1n) is 5.86. The van der Waals surface area contributed by atoms with Crippen LogP contribution in [0.5, 0.6) is 5.88 Å². The molecule has 0 unspecified atom stereocenters. The van der Waals surface area contributed by atoms with Crippen LogP contribution in [0.1, 0.15) is 12.6 Å². The fourth-order valence-corrected chi connectivity index (χ4v) is 2.23. The molecule has 3 rings (SSSR count). The molecule has 1 aliphatic heterocycles. The highest BCUT2D eigenvalue weighted by molar-refractivity contribution is 5.75. The summed E-state index contributed by atoms with van der Waals surface area (Å²) < 4.78 is 26.0. The Bertz CT molecular complexity index is 590. The number of nitrogens with zero attached hydrogens (tertiary/aromatic N) is 4. The lowest BCUT2D eigenvalue weighted by Crippen LogP contribution is -2.16. The summed E-state index contributed by atoms with van der Waals surface area (Å²) in [4.78, 5) is 12.1. The third-order valence-corrected chi connectivity index (χ3v) is 3.13. The summed E-state index contributed by atoms with van der Waals surface area (Å²) in [5.41, 5.74) is 0.895. The summed E-state index contributed by atoms with van der Waals surface area (Å²) in [5.74, 6) is 0.330. The lowest BCUT2D eigenvalue weighted by Gasteiger charge is -2.15. The molecule has 1 aliphatic rings. The van der Waals surface area contributed by atoms with Crippen molar-refractivity contribution in [3.05, 3.63) is 12.7 Å².